The van der Waals surface area contributed by atoms with Gasteiger partial charge < -0.3 is 19.5 Å². The SMILES string of the molecule is CCOc1ccc(C(C)NC(=O)C2CN(S(C)(=O)=O)c3cc(Cl)ccc3O2)cc1OCC. The maximum atomic E-state index is 13.0. The average molecular weight is 483 g/mol. The molecule has 0 aromatic heterocycles. The molecule has 1 aliphatic heterocycles. The summed E-state index contributed by atoms with van der Waals surface area (Å²) >= 11 is 6.02. The standard InChI is InChI=1S/C22H27ClN2O6S/c1-5-29-19-9-7-15(11-20(19)30-6-2)14(3)24-22(26)21-13-25(32(4,27)28)17-12-16(23)8-10-18(17)31-21/h7-12,14,21H,5-6,13H2,1-4H3,(H,24,26). The first kappa shape index (κ1) is 24.0. The first-order valence-electron chi connectivity index (χ1n) is 10.3. The molecule has 0 radical (unpaired) electrons. The number of nitrogens with zero attached hydrogens (tertiary/aromatic N) is 1. The molecule has 174 valence electrons. The summed E-state index contributed by atoms with van der Waals surface area (Å²) in [6.45, 7) is 6.43. The third kappa shape index (κ3) is 5.39. The van der Waals surface area contributed by atoms with Crippen molar-refractivity contribution in [2.45, 2.75) is 32.9 Å². The topological polar surface area (TPSA) is 94.2 Å². The van der Waals surface area contributed by atoms with E-state index in [1.165, 1.54) is 6.07 Å². The predicted octanol–water partition coefficient (Wildman–Crippen LogP) is 3.54. The van der Waals surface area contributed by atoms with Gasteiger partial charge in [-0.25, -0.2) is 8.42 Å². The number of carbonyl (C=O) groups is 1. The lowest BCUT2D eigenvalue weighted by atomic mass is 10.1. The second kappa shape index (κ2) is 9.87. The summed E-state index contributed by atoms with van der Waals surface area (Å²) in [6.07, 6.45) is 0.0605. The molecular formula is C22H27ClN2O6S. The molecule has 0 fully saturated rings. The van der Waals surface area contributed by atoms with E-state index in [9.17, 15) is 13.2 Å². The molecule has 1 amide bonds. The molecule has 1 heterocycles. The van der Waals surface area contributed by atoms with Crippen LogP contribution in [0, 0.1) is 0 Å². The maximum Gasteiger partial charge on any atom is 0.263 e. The molecule has 1 aliphatic rings. The molecule has 0 spiro atoms. The van der Waals surface area contributed by atoms with Gasteiger partial charge >= 0.3 is 0 Å². The quantitative estimate of drug-likeness (QED) is 0.618. The molecular weight excluding hydrogens is 456 g/mol. The Morgan fingerprint density at radius 2 is 1.88 bits per heavy atom. The Hall–Kier alpha value is -2.65. The van der Waals surface area contributed by atoms with Gasteiger partial charge in [-0.1, -0.05) is 17.7 Å². The van der Waals surface area contributed by atoms with Crippen molar-refractivity contribution in [2.75, 3.05) is 30.3 Å². The van der Waals surface area contributed by atoms with Gasteiger partial charge in [0.1, 0.15) is 5.75 Å². The molecule has 0 saturated heterocycles. The second-order valence-corrected chi connectivity index (χ2v) is 9.66. The molecule has 32 heavy (non-hydrogen) atoms. The number of amides is 1. The molecule has 3 rings (SSSR count). The minimum Gasteiger partial charge on any atom is -0.490 e. The highest BCUT2D eigenvalue weighted by atomic mass is 35.5. The van der Waals surface area contributed by atoms with E-state index >= 15 is 0 Å². The molecule has 1 N–H and O–H groups in total. The molecule has 0 bridgehead atoms. The predicted molar refractivity (Wildman–Crippen MR) is 123 cm³/mol. The van der Waals surface area contributed by atoms with Crippen LogP contribution in [0.4, 0.5) is 5.69 Å². The number of carbonyl (C=O) groups excluding carboxylic acids is 1. The fourth-order valence-corrected chi connectivity index (χ4v) is 4.47. The van der Waals surface area contributed by atoms with E-state index in [4.69, 9.17) is 25.8 Å². The van der Waals surface area contributed by atoms with Gasteiger partial charge in [-0.15, -0.1) is 0 Å². The van der Waals surface area contributed by atoms with Crippen LogP contribution in [0.1, 0.15) is 32.4 Å². The van der Waals surface area contributed by atoms with Crippen molar-refractivity contribution >= 4 is 33.2 Å². The first-order valence-corrected chi connectivity index (χ1v) is 12.5. The highest BCUT2D eigenvalue weighted by Crippen LogP contribution is 2.37. The van der Waals surface area contributed by atoms with Crippen LogP contribution in [0.25, 0.3) is 0 Å². The molecule has 8 nitrogen and oxygen atoms in total. The van der Waals surface area contributed by atoms with E-state index in [0.29, 0.717) is 35.4 Å². The van der Waals surface area contributed by atoms with Crippen LogP contribution in [0.5, 0.6) is 17.2 Å². The zero-order chi connectivity index (χ0) is 23.5. The number of benzene rings is 2. The number of hydrogen-bond acceptors (Lipinski definition) is 6. The molecule has 2 aromatic carbocycles. The molecule has 10 heteroatoms. The number of fused-ring (bicyclic) bond motifs is 1. The Morgan fingerprint density at radius 1 is 1.19 bits per heavy atom. The van der Waals surface area contributed by atoms with Crippen molar-refractivity contribution in [1.82, 2.24) is 5.32 Å². The molecule has 2 aromatic rings. The summed E-state index contributed by atoms with van der Waals surface area (Å²) in [5.41, 5.74) is 1.12. The summed E-state index contributed by atoms with van der Waals surface area (Å²) in [7, 11) is -3.64. The van der Waals surface area contributed by atoms with Crippen molar-refractivity contribution < 1.29 is 27.4 Å². The highest BCUT2D eigenvalue weighted by molar-refractivity contribution is 7.92. The lowest BCUT2D eigenvalue weighted by Crippen LogP contribution is -2.50. The number of rotatable bonds is 8. The third-order valence-electron chi connectivity index (χ3n) is 4.91. The van der Waals surface area contributed by atoms with Crippen molar-refractivity contribution in [2.24, 2.45) is 0 Å². The third-order valence-corrected chi connectivity index (χ3v) is 6.29. The Morgan fingerprint density at radius 3 is 2.53 bits per heavy atom. The summed E-state index contributed by atoms with van der Waals surface area (Å²) in [4.78, 5) is 13.0. The van der Waals surface area contributed by atoms with E-state index in [-0.39, 0.29) is 18.3 Å². The van der Waals surface area contributed by atoms with Crippen molar-refractivity contribution in [1.29, 1.82) is 0 Å². The number of anilines is 1. The van der Waals surface area contributed by atoms with Crippen LogP contribution in [-0.4, -0.2) is 46.4 Å². The van der Waals surface area contributed by atoms with E-state index in [1.807, 2.05) is 32.9 Å². The molecule has 2 unspecified atom stereocenters. The Labute approximate surface area is 193 Å². The maximum absolute atomic E-state index is 13.0. The van der Waals surface area contributed by atoms with Crippen molar-refractivity contribution in [3.8, 4) is 17.2 Å². The number of sulfonamides is 1. The summed E-state index contributed by atoms with van der Waals surface area (Å²) in [6, 6.07) is 9.73. The van der Waals surface area contributed by atoms with Crippen LogP contribution < -0.4 is 23.8 Å². The van der Waals surface area contributed by atoms with E-state index < -0.39 is 22.0 Å². The minimum absolute atomic E-state index is 0.155. The number of ether oxygens (including phenoxy) is 3. The van der Waals surface area contributed by atoms with Gasteiger partial charge in [-0.05, 0) is 56.7 Å². The normalized spacial score (nSPS) is 16.5. The van der Waals surface area contributed by atoms with Gasteiger partial charge in [-0.2, -0.15) is 0 Å². The molecule has 2 atom stereocenters. The van der Waals surface area contributed by atoms with Crippen molar-refractivity contribution in [3.05, 3.63) is 47.0 Å². The zero-order valence-corrected chi connectivity index (χ0v) is 20.0. The van der Waals surface area contributed by atoms with E-state index in [2.05, 4.69) is 5.32 Å². The first-order chi connectivity index (χ1) is 15.1. The van der Waals surface area contributed by atoms with Gasteiger partial charge in [0.2, 0.25) is 10.0 Å². The zero-order valence-electron chi connectivity index (χ0n) is 18.4. The average Bonchev–Trinajstić information content (AvgIpc) is 2.73. The molecule has 0 saturated carbocycles. The second-order valence-electron chi connectivity index (χ2n) is 7.32. The van der Waals surface area contributed by atoms with Gasteiger partial charge in [0.25, 0.3) is 5.91 Å². The fourth-order valence-electron chi connectivity index (χ4n) is 3.40. The van der Waals surface area contributed by atoms with Crippen molar-refractivity contribution in [3.63, 3.8) is 0 Å². The molecule has 0 aliphatic carbocycles. The van der Waals surface area contributed by atoms with E-state index in [0.717, 1.165) is 16.1 Å². The number of halogens is 1. The Kier molecular flexibility index (Phi) is 7.40. The highest BCUT2D eigenvalue weighted by Gasteiger charge is 2.35. The lowest BCUT2D eigenvalue weighted by molar-refractivity contribution is -0.128. The summed E-state index contributed by atoms with van der Waals surface area (Å²) in [5, 5.41) is 3.27. The Balaban J connectivity index is 1.79. The summed E-state index contributed by atoms with van der Waals surface area (Å²) in [5.74, 6) is 1.07. The smallest absolute Gasteiger partial charge is 0.263 e. The minimum atomic E-state index is -3.64. The largest absolute Gasteiger partial charge is 0.490 e. The number of hydrogen-bond donors (Lipinski definition) is 1. The number of nitrogens with one attached hydrogen (secondary N) is 1. The Bertz CT molecular complexity index is 1090. The fraction of sp³-hybridized carbons (Fsp3) is 0.409. The van der Waals surface area contributed by atoms with Crippen LogP contribution in [0.3, 0.4) is 0 Å². The van der Waals surface area contributed by atoms with Gasteiger partial charge in [0, 0.05) is 5.02 Å². The monoisotopic (exact) mass is 482 g/mol. The van der Waals surface area contributed by atoms with Gasteiger partial charge in [-0.3, -0.25) is 9.10 Å². The van der Waals surface area contributed by atoms with Gasteiger partial charge in [0.15, 0.2) is 17.6 Å². The van der Waals surface area contributed by atoms with Crippen LogP contribution in [-0.2, 0) is 14.8 Å². The summed E-state index contributed by atoms with van der Waals surface area (Å²) < 4.78 is 42.8. The van der Waals surface area contributed by atoms with Gasteiger partial charge in [0.05, 0.1) is 37.7 Å². The van der Waals surface area contributed by atoms with Crippen LogP contribution in [0.15, 0.2) is 36.4 Å². The van der Waals surface area contributed by atoms with Crippen LogP contribution >= 0.6 is 11.6 Å². The van der Waals surface area contributed by atoms with E-state index in [1.54, 1.807) is 18.2 Å². The van der Waals surface area contributed by atoms with Crippen LogP contribution in [0.2, 0.25) is 5.02 Å². The lowest BCUT2D eigenvalue weighted by Gasteiger charge is -2.34.